The van der Waals surface area contributed by atoms with Crippen LogP contribution in [0.5, 0.6) is 0 Å². The molecule has 0 spiro atoms. The monoisotopic (exact) mass is 1190 g/mol. The Morgan fingerprint density at radius 1 is 0.412 bits per heavy atom. The molecule has 7 rings (SSSR count). The zero-order valence-corrected chi connectivity index (χ0v) is 39.9. The van der Waals surface area contributed by atoms with E-state index in [1.807, 2.05) is 71.6 Å². The minimum Gasteiger partial charge on any atom is -0.287 e. The summed E-state index contributed by atoms with van der Waals surface area (Å²) in [4.78, 5) is 16.6. The Labute approximate surface area is 439 Å². The molecule has 0 aliphatic heterocycles. The van der Waals surface area contributed by atoms with Crippen molar-refractivity contribution in [2.45, 2.75) is 62.4 Å². The predicted octanol–water partition coefficient (Wildman–Crippen LogP) is 14.7. The smallest absolute Gasteiger partial charge is 0.287 e. The van der Waals surface area contributed by atoms with Crippen LogP contribution in [0.1, 0.15) is 66.1 Å². The molecule has 0 radical (unpaired) electrons. The van der Waals surface area contributed by atoms with Crippen molar-refractivity contribution in [3.05, 3.63) is 212 Å². The summed E-state index contributed by atoms with van der Waals surface area (Å²) >= 11 is 6.01. The van der Waals surface area contributed by atoms with Gasteiger partial charge in [-0.2, -0.15) is 132 Å². The lowest BCUT2D eigenvalue weighted by atomic mass is 9.12. The van der Waals surface area contributed by atoms with Crippen LogP contribution in [0, 0.1) is 0 Å². The van der Waals surface area contributed by atoms with Crippen LogP contribution in [-0.4, -0.2) is 16.9 Å². The standard InChI is InChI=1S/C32H12BF24.C19H16ClN2O/c34-25(35,36)13-1-14(26(37,38)39)6-21(5-13)33(22-7-15(27(40,41)42)2-16(8-22)28(43,44)45,23-9-17(29(46,47)48)3-18(10-23)30(49,50)51)24-11-19(31(52,53)54)4-20(12-24)32(55,56)57;20-17-8-4-5-15(11-17)12-18-13-22(10-9-21-18)14-19(23)16-6-2-1-3-7-16/h1-12H;1-11,13H,12,14H2/q-1;+1. The molecule has 0 amide bonds. The zero-order chi connectivity index (χ0) is 60.0. The van der Waals surface area contributed by atoms with Crippen molar-refractivity contribution >= 4 is 45.4 Å². The second kappa shape index (κ2) is 22.0. The number of benzene rings is 6. The van der Waals surface area contributed by atoms with Gasteiger partial charge in [-0.15, -0.1) is 0 Å². The highest BCUT2D eigenvalue weighted by atomic mass is 35.5. The molecule has 80 heavy (non-hydrogen) atoms. The molecule has 29 heteroatoms. The quantitative estimate of drug-likeness (QED) is 0.0625. The maximum atomic E-state index is 14.2. The Morgan fingerprint density at radius 3 is 1.01 bits per heavy atom. The molecule has 0 saturated carbocycles. The van der Waals surface area contributed by atoms with Gasteiger partial charge < -0.3 is 0 Å². The van der Waals surface area contributed by atoms with E-state index in [0.29, 0.717) is 23.6 Å². The minimum absolute atomic E-state index is 0.0792. The summed E-state index contributed by atoms with van der Waals surface area (Å²) in [6.45, 7) is 0.301. The molecule has 7 aromatic rings. The Kier molecular flexibility index (Phi) is 17.0. The van der Waals surface area contributed by atoms with Crippen molar-refractivity contribution < 1.29 is 115 Å². The first kappa shape index (κ1) is 61.9. The fourth-order valence-corrected chi connectivity index (χ4v) is 8.69. The number of carbonyl (C=O) groups excluding carboxylic acids is 1. The number of carbonyl (C=O) groups is 1. The maximum absolute atomic E-state index is 14.2. The second-order valence-electron chi connectivity index (χ2n) is 17.5. The van der Waals surface area contributed by atoms with Crippen LogP contribution in [0.15, 0.2) is 146 Å². The molecule has 1 heterocycles. The van der Waals surface area contributed by atoms with E-state index < -0.39 is 195 Å². The van der Waals surface area contributed by atoms with Crippen LogP contribution in [0.2, 0.25) is 5.02 Å². The maximum Gasteiger partial charge on any atom is 0.416 e. The van der Waals surface area contributed by atoms with Crippen LogP contribution >= 0.6 is 11.6 Å². The molecule has 0 saturated heterocycles. The van der Waals surface area contributed by atoms with Gasteiger partial charge in [0.05, 0.1) is 50.7 Å². The number of ketones is 1. The van der Waals surface area contributed by atoms with Gasteiger partial charge in [-0.3, -0.25) is 4.79 Å². The highest BCUT2D eigenvalue weighted by molar-refractivity contribution is 7.20. The summed E-state index contributed by atoms with van der Waals surface area (Å²) in [6, 6.07) is 8.21. The van der Waals surface area contributed by atoms with E-state index in [1.54, 1.807) is 6.20 Å². The number of alkyl halides is 24. The summed E-state index contributed by atoms with van der Waals surface area (Å²) in [6.07, 6.45) is -48.7. The molecule has 3 nitrogen and oxygen atoms in total. The van der Waals surface area contributed by atoms with E-state index in [4.69, 9.17) is 11.6 Å². The van der Waals surface area contributed by atoms with Crippen LogP contribution < -0.4 is 26.4 Å². The van der Waals surface area contributed by atoms with Crippen molar-refractivity contribution in [3.63, 3.8) is 0 Å². The van der Waals surface area contributed by atoms with Gasteiger partial charge in [0, 0.05) is 17.0 Å². The van der Waals surface area contributed by atoms with Crippen LogP contribution in [0.3, 0.4) is 0 Å². The molecule has 0 aliphatic rings. The van der Waals surface area contributed by atoms with Gasteiger partial charge in [0.1, 0.15) is 11.8 Å². The highest BCUT2D eigenvalue weighted by Gasteiger charge is 2.47. The first-order valence-electron chi connectivity index (χ1n) is 22.0. The minimum atomic E-state index is -6.13. The summed E-state index contributed by atoms with van der Waals surface area (Å²) in [5.74, 6) is 0.0792. The largest absolute Gasteiger partial charge is 0.416 e. The van der Waals surface area contributed by atoms with Crippen molar-refractivity contribution in [3.8, 4) is 0 Å². The molecule has 0 bridgehead atoms. The summed E-state index contributed by atoms with van der Waals surface area (Å²) in [5.41, 5.74) is -27.5. The molecule has 1 aromatic heterocycles. The first-order valence-corrected chi connectivity index (χ1v) is 22.4. The van der Waals surface area contributed by atoms with Gasteiger partial charge in [0.2, 0.25) is 12.3 Å². The number of rotatable bonds is 9. The van der Waals surface area contributed by atoms with Crippen LogP contribution in [0.4, 0.5) is 105 Å². The molecule has 0 N–H and O–H groups in total. The third-order valence-corrected chi connectivity index (χ3v) is 12.2. The van der Waals surface area contributed by atoms with Gasteiger partial charge in [0.25, 0.3) is 0 Å². The van der Waals surface area contributed by atoms with Crippen LogP contribution in [-0.2, 0) is 62.4 Å². The van der Waals surface area contributed by atoms with E-state index in [9.17, 15) is 110 Å². The molecular formula is C51H28BClF24N2O. The second-order valence-corrected chi connectivity index (χ2v) is 18.0. The van der Waals surface area contributed by atoms with E-state index in [-0.39, 0.29) is 5.78 Å². The number of halogens is 25. The number of aromatic nitrogens is 2. The van der Waals surface area contributed by atoms with E-state index in [2.05, 4.69) is 4.98 Å². The first-order chi connectivity index (χ1) is 36.5. The van der Waals surface area contributed by atoms with Crippen molar-refractivity contribution in [2.24, 2.45) is 0 Å². The van der Waals surface area contributed by atoms with Gasteiger partial charge in [0.15, 0.2) is 12.4 Å². The summed E-state index contributed by atoms with van der Waals surface area (Å²) in [5, 5.41) is 0.713. The molecule has 0 fully saturated rings. The third-order valence-electron chi connectivity index (χ3n) is 11.9. The van der Waals surface area contributed by atoms with Crippen molar-refractivity contribution in [1.82, 2.24) is 4.98 Å². The molecule has 0 aliphatic carbocycles. The lowest BCUT2D eigenvalue weighted by Crippen LogP contribution is -2.75. The fourth-order valence-electron chi connectivity index (χ4n) is 8.48. The SMILES string of the molecule is FC(F)(F)c1cc([B-](c2cc(C(F)(F)F)cc(C(F)(F)F)c2)(c2cc(C(F)(F)F)cc(C(F)(F)F)c2)c2cc(C(F)(F)F)cc(C(F)(F)F)c2)cc(C(F)(F)F)c1.O=C(C[n+]1ccnc(Cc2cccc(Cl)c2)c1)c1ccccc1. The molecular weight excluding hydrogens is 1160 g/mol. The summed E-state index contributed by atoms with van der Waals surface area (Å²) in [7, 11) is 0. The average molecular weight is 1190 g/mol. The van der Waals surface area contributed by atoms with Gasteiger partial charge >= 0.3 is 49.4 Å². The average Bonchev–Trinajstić information content (AvgIpc) is 3.32. The van der Waals surface area contributed by atoms with Crippen molar-refractivity contribution in [1.29, 1.82) is 0 Å². The summed E-state index contributed by atoms with van der Waals surface area (Å²) < 4.78 is 343. The van der Waals surface area contributed by atoms with Gasteiger partial charge in [-0.1, -0.05) is 103 Å². The normalized spacial score (nSPS) is 13.2. The number of Topliss-reactive ketones (excluding diaryl/α,β-unsaturated/α-hetero) is 1. The number of hydrogen-bond acceptors (Lipinski definition) is 2. The van der Waals surface area contributed by atoms with Gasteiger partial charge in [-0.25, -0.2) is 4.98 Å². The Balaban J connectivity index is 0.000000370. The van der Waals surface area contributed by atoms with E-state index in [0.717, 1.165) is 11.3 Å². The fraction of sp³-hybridized carbons (Fsp3) is 0.196. The Hall–Kier alpha value is -7.26. The third kappa shape index (κ3) is 14.7. The van der Waals surface area contributed by atoms with E-state index in [1.165, 1.54) is 0 Å². The highest BCUT2D eigenvalue weighted by Crippen LogP contribution is 2.41. The Bertz CT molecular complexity index is 2940. The molecule has 6 aromatic carbocycles. The molecule has 0 atom stereocenters. The number of nitrogens with zero attached hydrogens (tertiary/aromatic N) is 2. The Morgan fingerprint density at radius 2 is 0.725 bits per heavy atom. The molecule has 0 unspecified atom stereocenters. The zero-order valence-electron chi connectivity index (χ0n) is 39.1. The van der Waals surface area contributed by atoms with E-state index >= 15 is 0 Å². The lowest BCUT2D eigenvalue weighted by molar-refractivity contribution is -0.684. The molecule has 426 valence electrons. The lowest BCUT2D eigenvalue weighted by Gasteiger charge is -2.46. The van der Waals surface area contributed by atoms with Crippen molar-refractivity contribution in [2.75, 3.05) is 0 Å². The topological polar surface area (TPSA) is 33.8 Å². The van der Waals surface area contributed by atoms with Gasteiger partial charge in [-0.05, 0) is 42.0 Å². The van der Waals surface area contributed by atoms with Crippen LogP contribution in [0.25, 0.3) is 0 Å². The number of hydrogen-bond donors (Lipinski definition) is 0. The predicted molar refractivity (Wildman–Crippen MR) is 240 cm³/mol.